The third kappa shape index (κ3) is 6.07. The molecule has 0 heterocycles. The van der Waals surface area contributed by atoms with Crippen LogP contribution in [0.15, 0.2) is 96.1 Å². The summed E-state index contributed by atoms with van der Waals surface area (Å²) < 4.78 is 5.28. The van der Waals surface area contributed by atoms with E-state index in [0.717, 1.165) is 16.8 Å². The van der Waals surface area contributed by atoms with E-state index in [1.54, 1.807) is 7.11 Å². The molecule has 0 fully saturated rings. The van der Waals surface area contributed by atoms with Gasteiger partial charge in [-0.3, -0.25) is 4.79 Å². The van der Waals surface area contributed by atoms with Gasteiger partial charge in [-0.1, -0.05) is 78.9 Å². The summed E-state index contributed by atoms with van der Waals surface area (Å²) >= 11 is 0. The average Bonchev–Trinajstić information content (AvgIpc) is 2.79. The van der Waals surface area contributed by atoms with Gasteiger partial charge >= 0.3 is 0 Å². The van der Waals surface area contributed by atoms with Crippen LogP contribution in [-0.2, 0) is 4.79 Å². The smallest absolute Gasteiger partial charge is 0.259 e. The monoisotopic (exact) mass is 385 g/mol. The number of allylic oxidation sites excluding steroid dienone is 1. The van der Waals surface area contributed by atoms with Crippen molar-refractivity contribution in [2.45, 2.75) is 0 Å². The summed E-state index contributed by atoms with van der Waals surface area (Å²) in [6, 6.07) is 27.1. The largest absolute Gasteiger partial charge is 0.495 e. The fourth-order valence-corrected chi connectivity index (χ4v) is 2.67. The fraction of sp³-hybridized carbons (Fsp3) is 0.0833. The van der Waals surface area contributed by atoms with E-state index in [9.17, 15) is 4.79 Å². The number of para-hydroxylation sites is 2. The molecule has 0 aliphatic heterocycles. The average molecular weight is 385 g/mol. The number of hydrazone groups is 1. The molecule has 3 rings (SSSR count). The first kappa shape index (κ1) is 19.9. The summed E-state index contributed by atoms with van der Waals surface area (Å²) in [5.74, 6) is 0.428. The van der Waals surface area contributed by atoms with Gasteiger partial charge in [0.15, 0.2) is 0 Å². The Hall–Kier alpha value is -3.86. The number of amides is 1. The van der Waals surface area contributed by atoms with Crippen LogP contribution in [0.2, 0.25) is 0 Å². The maximum absolute atomic E-state index is 12.3. The van der Waals surface area contributed by atoms with Crippen LogP contribution in [0.25, 0.3) is 6.08 Å². The Balaban J connectivity index is 1.69. The lowest BCUT2D eigenvalue weighted by Gasteiger charge is -2.10. The quantitative estimate of drug-likeness (QED) is 0.448. The number of carbonyl (C=O) groups excluding carboxylic acids is 1. The molecule has 5 heteroatoms. The van der Waals surface area contributed by atoms with Gasteiger partial charge in [0.2, 0.25) is 0 Å². The predicted octanol–water partition coefficient (Wildman–Crippen LogP) is 4.34. The van der Waals surface area contributed by atoms with Gasteiger partial charge in [0, 0.05) is 5.56 Å². The molecular formula is C24H23N3O2. The summed E-state index contributed by atoms with van der Waals surface area (Å²) in [6.07, 6.45) is 3.85. The van der Waals surface area contributed by atoms with Crippen LogP contribution in [0.3, 0.4) is 0 Å². The van der Waals surface area contributed by atoms with Crippen molar-refractivity contribution < 1.29 is 9.53 Å². The number of anilines is 1. The third-order valence-corrected chi connectivity index (χ3v) is 4.15. The molecule has 3 aromatic rings. The topological polar surface area (TPSA) is 62.7 Å². The van der Waals surface area contributed by atoms with Gasteiger partial charge < -0.3 is 10.1 Å². The van der Waals surface area contributed by atoms with Gasteiger partial charge in [0.25, 0.3) is 5.91 Å². The van der Waals surface area contributed by atoms with Crippen LogP contribution >= 0.6 is 0 Å². The van der Waals surface area contributed by atoms with Crippen LogP contribution < -0.4 is 15.5 Å². The Morgan fingerprint density at radius 2 is 1.59 bits per heavy atom. The van der Waals surface area contributed by atoms with Gasteiger partial charge in [0.05, 0.1) is 25.1 Å². The normalized spacial score (nSPS) is 11.3. The van der Waals surface area contributed by atoms with Gasteiger partial charge in [0.1, 0.15) is 5.75 Å². The summed E-state index contributed by atoms with van der Waals surface area (Å²) in [4.78, 5) is 12.3. The summed E-state index contributed by atoms with van der Waals surface area (Å²) in [5, 5.41) is 7.38. The van der Waals surface area contributed by atoms with Crippen molar-refractivity contribution in [3.05, 3.63) is 102 Å². The second-order valence-electron chi connectivity index (χ2n) is 6.20. The van der Waals surface area contributed by atoms with Crippen LogP contribution in [0.1, 0.15) is 11.1 Å². The third-order valence-electron chi connectivity index (χ3n) is 4.15. The van der Waals surface area contributed by atoms with Crippen molar-refractivity contribution in [1.82, 2.24) is 5.43 Å². The molecule has 2 N–H and O–H groups in total. The van der Waals surface area contributed by atoms with Gasteiger partial charge in [-0.15, -0.1) is 0 Å². The first-order chi connectivity index (χ1) is 14.3. The van der Waals surface area contributed by atoms with Gasteiger partial charge in [-0.05, 0) is 23.8 Å². The number of carbonyl (C=O) groups is 1. The molecule has 0 saturated carbocycles. The Bertz CT molecular complexity index is 983. The Morgan fingerprint density at radius 3 is 2.31 bits per heavy atom. The zero-order valence-corrected chi connectivity index (χ0v) is 16.2. The highest BCUT2D eigenvalue weighted by atomic mass is 16.5. The summed E-state index contributed by atoms with van der Waals surface area (Å²) in [7, 11) is 1.59. The lowest BCUT2D eigenvalue weighted by molar-refractivity contribution is -0.119. The predicted molar refractivity (Wildman–Crippen MR) is 118 cm³/mol. The maximum atomic E-state index is 12.3. The number of rotatable bonds is 8. The Morgan fingerprint density at radius 1 is 0.931 bits per heavy atom. The Kier molecular flexibility index (Phi) is 7.18. The van der Waals surface area contributed by atoms with E-state index in [4.69, 9.17) is 4.74 Å². The number of hydrogen-bond acceptors (Lipinski definition) is 4. The molecule has 0 saturated heterocycles. The van der Waals surface area contributed by atoms with Crippen molar-refractivity contribution in [1.29, 1.82) is 0 Å². The number of nitrogens with zero attached hydrogens (tertiary/aromatic N) is 1. The lowest BCUT2D eigenvalue weighted by Crippen LogP contribution is -2.27. The van der Waals surface area contributed by atoms with E-state index >= 15 is 0 Å². The minimum atomic E-state index is -0.252. The van der Waals surface area contributed by atoms with Crippen LogP contribution in [0, 0.1) is 0 Å². The van der Waals surface area contributed by atoms with E-state index in [0.29, 0.717) is 11.5 Å². The molecule has 5 nitrogen and oxygen atoms in total. The van der Waals surface area contributed by atoms with E-state index in [1.807, 2.05) is 97.1 Å². The number of methoxy groups -OCH3 is 1. The van der Waals surface area contributed by atoms with Crippen LogP contribution in [-0.4, -0.2) is 25.3 Å². The molecule has 0 radical (unpaired) electrons. The van der Waals surface area contributed by atoms with E-state index in [1.165, 1.54) is 0 Å². The highest BCUT2D eigenvalue weighted by Gasteiger charge is 2.05. The van der Waals surface area contributed by atoms with Gasteiger partial charge in [-0.25, -0.2) is 5.43 Å². The number of ether oxygens (including phenoxy) is 1. The minimum absolute atomic E-state index is 0.0777. The second-order valence-corrected chi connectivity index (χ2v) is 6.20. The first-order valence-corrected chi connectivity index (χ1v) is 9.28. The second kappa shape index (κ2) is 10.5. The van der Waals surface area contributed by atoms with Gasteiger partial charge in [-0.2, -0.15) is 5.10 Å². The molecule has 29 heavy (non-hydrogen) atoms. The van der Waals surface area contributed by atoms with Crippen LogP contribution in [0.4, 0.5) is 5.69 Å². The maximum Gasteiger partial charge on any atom is 0.259 e. The molecular weight excluding hydrogens is 362 g/mol. The van der Waals surface area contributed by atoms with Crippen molar-refractivity contribution in [3.8, 4) is 5.75 Å². The van der Waals surface area contributed by atoms with E-state index in [2.05, 4.69) is 15.8 Å². The molecule has 1 amide bonds. The molecule has 0 bridgehead atoms. The SMILES string of the molecule is COc1ccccc1NCC(=O)NN=C(/C=C/c1ccccc1)c1ccccc1. The standard InChI is InChI=1S/C24H23N3O2/c1-29-23-15-9-8-14-22(23)25-18-24(28)27-26-21(20-12-6-3-7-13-20)17-16-19-10-4-2-5-11-19/h2-17,25H,18H2,1H3,(H,27,28)/b17-16+,26-21?. The molecule has 0 atom stereocenters. The van der Waals surface area contributed by atoms with E-state index < -0.39 is 0 Å². The minimum Gasteiger partial charge on any atom is -0.495 e. The molecule has 0 aliphatic rings. The molecule has 146 valence electrons. The van der Waals surface area contributed by atoms with Crippen LogP contribution in [0.5, 0.6) is 5.75 Å². The number of nitrogens with one attached hydrogen (secondary N) is 2. The Labute approximate surface area is 170 Å². The van der Waals surface area contributed by atoms with Crippen molar-refractivity contribution in [2.24, 2.45) is 5.10 Å². The first-order valence-electron chi connectivity index (χ1n) is 9.28. The highest BCUT2D eigenvalue weighted by Crippen LogP contribution is 2.22. The molecule has 0 aromatic heterocycles. The van der Waals surface area contributed by atoms with Crippen molar-refractivity contribution in [2.75, 3.05) is 19.0 Å². The molecule has 0 unspecified atom stereocenters. The van der Waals surface area contributed by atoms with Crippen molar-refractivity contribution >= 4 is 23.4 Å². The zero-order valence-electron chi connectivity index (χ0n) is 16.2. The summed E-state index contributed by atoms with van der Waals surface area (Å²) in [5.41, 5.74) is 6.01. The molecule has 0 spiro atoms. The number of benzene rings is 3. The van der Waals surface area contributed by atoms with Crippen molar-refractivity contribution in [3.63, 3.8) is 0 Å². The lowest BCUT2D eigenvalue weighted by atomic mass is 10.1. The summed E-state index contributed by atoms with van der Waals surface area (Å²) in [6.45, 7) is 0.0777. The highest BCUT2D eigenvalue weighted by molar-refractivity contribution is 6.11. The zero-order chi connectivity index (χ0) is 20.3. The molecule has 3 aromatic carbocycles. The molecule has 0 aliphatic carbocycles. The number of hydrogen-bond donors (Lipinski definition) is 2. The van der Waals surface area contributed by atoms with E-state index in [-0.39, 0.29) is 12.5 Å². The fourth-order valence-electron chi connectivity index (χ4n) is 2.67.